The number of aliphatic carboxylic acids is 1. The molecule has 0 fully saturated rings. The maximum Gasteiger partial charge on any atom is 0.305 e. The minimum atomic E-state index is -0.791. The third-order valence-corrected chi connectivity index (χ3v) is 5.39. The number of hydrogen-bond donors (Lipinski definition) is 2. The number of thiazole rings is 1. The third-order valence-electron chi connectivity index (χ3n) is 2.98. The second-order valence-corrected chi connectivity index (χ2v) is 8.02. The van der Waals surface area contributed by atoms with Crippen molar-refractivity contribution in [1.82, 2.24) is 10.3 Å². The van der Waals surface area contributed by atoms with Gasteiger partial charge in [-0.15, -0.1) is 22.7 Å². The molecule has 2 rings (SSSR count). The Bertz CT molecular complexity index is 585. The Morgan fingerprint density at radius 3 is 2.76 bits per heavy atom. The van der Waals surface area contributed by atoms with Crippen molar-refractivity contribution in [2.75, 3.05) is 0 Å². The lowest BCUT2D eigenvalue weighted by Crippen LogP contribution is -2.22. The zero-order valence-electron chi connectivity index (χ0n) is 12.4. The van der Waals surface area contributed by atoms with Crippen LogP contribution < -0.4 is 5.32 Å². The maximum absolute atomic E-state index is 11.0. The molecule has 0 spiro atoms. The summed E-state index contributed by atoms with van der Waals surface area (Å²) in [4.78, 5) is 17.6. The summed E-state index contributed by atoms with van der Waals surface area (Å²) in [7, 11) is 0. The van der Waals surface area contributed by atoms with E-state index in [1.54, 1.807) is 22.7 Å². The Morgan fingerprint density at radius 2 is 2.24 bits per heavy atom. The summed E-state index contributed by atoms with van der Waals surface area (Å²) < 4.78 is 0. The molecule has 0 aromatic carbocycles. The van der Waals surface area contributed by atoms with Crippen molar-refractivity contribution in [3.63, 3.8) is 0 Å². The molecule has 0 aliphatic heterocycles. The number of nitrogens with one attached hydrogen (secondary N) is 1. The summed E-state index contributed by atoms with van der Waals surface area (Å²) in [5.74, 6) is -0.791. The third kappa shape index (κ3) is 4.62. The molecule has 2 aromatic rings. The van der Waals surface area contributed by atoms with Gasteiger partial charge >= 0.3 is 5.97 Å². The van der Waals surface area contributed by atoms with Crippen LogP contribution in [0.2, 0.25) is 0 Å². The van der Waals surface area contributed by atoms with E-state index in [0.29, 0.717) is 6.54 Å². The van der Waals surface area contributed by atoms with Gasteiger partial charge in [-0.1, -0.05) is 26.8 Å². The molecule has 0 bridgehead atoms. The predicted molar refractivity (Wildman–Crippen MR) is 87.0 cm³/mol. The molecule has 1 unspecified atom stereocenters. The van der Waals surface area contributed by atoms with E-state index in [4.69, 9.17) is 5.11 Å². The first-order valence-corrected chi connectivity index (χ1v) is 8.49. The van der Waals surface area contributed by atoms with Crippen LogP contribution in [-0.4, -0.2) is 16.1 Å². The molecule has 0 radical (unpaired) electrons. The van der Waals surface area contributed by atoms with Gasteiger partial charge in [0.15, 0.2) is 0 Å². The van der Waals surface area contributed by atoms with Crippen molar-refractivity contribution in [1.29, 1.82) is 0 Å². The van der Waals surface area contributed by atoms with Gasteiger partial charge in [-0.05, 0) is 11.4 Å². The van der Waals surface area contributed by atoms with E-state index in [9.17, 15) is 4.79 Å². The van der Waals surface area contributed by atoms with Crippen LogP contribution in [0.1, 0.15) is 48.0 Å². The zero-order valence-corrected chi connectivity index (χ0v) is 14.1. The van der Waals surface area contributed by atoms with E-state index in [1.165, 1.54) is 0 Å². The van der Waals surface area contributed by atoms with Crippen molar-refractivity contribution in [3.8, 4) is 0 Å². The van der Waals surface area contributed by atoms with E-state index in [2.05, 4.69) is 31.1 Å². The smallest absolute Gasteiger partial charge is 0.305 e. The lowest BCUT2D eigenvalue weighted by molar-refractivity contribution is -0.137. The fourth-order valence-electron chi connectivity index (χ4n) is 1.90. The number of hydrogen-bond acceptors (Lipinski definition) is 5. The minimum Gasteiger partial charge on any atom is -0.481 e. The zero-order chi connectivity index (χ0) is 15.5. The second-order valence-electron chi connectivity index (χ2n) is 5.93. The number of rotatable bonds is 6. The highest BCUT2D eigenvalue weighted by molar-refractivity contribution is 7.11. The van der Waals surface area contributed by atoms with Crippen LogP contribution in [0.4, 0.5) is 0 Å². The first-order valence-electron chi connectivity index (χ1n) is 6.80. The lowest BCUT2D eigenvalue weighted by atomic mass is 9.98. The summed E-state index contributed by atoms with van der Waals surface area (Å²) in [5.41, 5.74) is 0.0527. The molecular weight excluding hydrogens is 304 g/mol. The van der Waals surface area contributed by atoms with Crippen LogP contribution in [0.5, 0.6) is 0 Å². The molecular formula is C15H20N2O2S2. The molecule has 114 valence electrons. The van der Waals surface area contributed by atoms with E-state index in [0.717, 1.165) is 14.8 Å². The molecule has 4 nitrogen and oxygen atoms in total. The van der Waals surface area contributed by atoms with Gasteiger partial charge in [-0.25, -0.2) is 4.98 Å². The number of carbonyl (C=O) groups is 1. The normalized spacial score (nSPS) is 13.3. The molecule has 1 atom stereocenters. The average Bonchev–Trinajstić information content (AvgIpc) is 3.04. The van der Waals surface area contributed by atoms with Crippen LogP contribution in [-0.2, 0) is 16.8 Å². The van der Waals surface area contributed by atoms with E-state index >= 15 is 0 Å². The maximum atomic E-state index is 11.0. The van der Waals surface area contributed by atoms with Crippen molar-refractivity contribution in [2.24, 2.45) is 0 Å². The first kappa shape index (κ1) is 16.1. The molecule has 0 aliphatic rings. The van der Waals surface area contributed by atoms with Crippen LogP contribution >= 0.6 is 22.7 Å². The summed E-state index contributed by atoms with van der Waals surface area (Å²) >= 11 is 3.26. The fraction of sp³-hybridized carbons (Fsp3) is 0.467. The van der Waals surface area contributed by atoms with Crippen molar-refractivity contribution >= 4 is 28.6 Å². The van der Waals surface area contributed by atoms with Crippen LogP contribution in [0, 0.1) is 0 Å². The van der Waals surface area contributed by atoms with E-state index in [1.807, 2.05) is 23.7 Å². The first-order chi connectivity index (χ1) is 9.86. The molecule has 0 saturated heterocycles. The topological polar surface area (TPSA) is 62.2 Å². The second kappa shape index (κ2) is 6.68. The highest BCUT2D eigenvalue weighted by Crippen LogP contribution is 2.28. The number of nitrogens with zero attached hydrogens (tertiary/aromatic N) is 1. The highest BCUT2D eigenvalue weighted by atomic mass is 32.1. The molecule has 0 aliphatic carbocycles. The molecule has 21 heavy (non-hydrogen) atoms. The van der Waals surface area contributed by atoms with Gasteiger partial charge < -0.3 is 10.4 Å². The summed E-state index contributed by atoms with van der Waals surface area (Å²) in [6.45, 7) is 7.06. The van der Waals surface area contributed by atoms with Gasteiger partial charge in [0.1, 0.15) is 0 Å². The molecule has 2 heterocycles. The van der Waals surface area contributed by atoms with Gasteiger partial charge in [0.05, 0.1) is 17.5 Å². The quantitative estimate of drug-likeness (QED) is 0.848. The van der Waals surface area contributed by atoms with Crippen LogP contribution in [0.3, 0.4) is 0 Å². The standard InChI is InChI=1S/C15H20N2O2S2/c1-15(2,3)14-17-9-10(21-14)8-16-11(7-13(18)19)12-5-4-6-20-12/h4-6,9,11,16H,7-8H2,1-3H3,(H,18,19). The van der Waals surface area contributed by atoms with Gasteiger partial charge in [0.2, 0.25) is 0 Å². The molecule has 0 saturated carbocycles. The Balaban J connectivity index is 2.02. The Kier molecular flexibility index (Phi) is 5.13. The molecule has 2 N–H and O–H groups in total. The molecule has 6 heteroatoms. The minimum absolute atomic E-state index is 0.0527. The highest BCUT2D eigenvalue weighted by Gasteiger charge is 2.19. The lowest BCUT2D eigenvalue weighted by Gasteiger charge is -2.15. The predicted octanol–water partition coefficient (Wildman–Crippen LogP) is 3.81. The van der Waals surface area contributed by atoms with Gasteiger partial charge in [-0.2, -0.15) is 0 Å². The van der Waals surface area contributed by atoms with E-state index < -0.39 is 5.97 Å². The molecule has 2 aromatic heterocycles. The molecule has 0 amide bonds. The van der Waals surface area contributed by atoms with E-state index in [-0.39, 0.29) is 17.9 Å². The van der Waals surface area contributed by atoms with Crippen LogP contribution in [0.15, 0.2) is 23.7 Å². The summed E-state index contributed by atoms with van der Waals surface area (Å²) in [5, 5.41) is 15.5. The largest absolute Gasteiger partial charge is 0.481 e. The SMILES string of the molecule is CC(C)(C)c1ncc(CNC(CC(=O)O)c2cccs2)s1. The average molecular weight is 324 g/mol. The van der Waals surface area contributed by atoms with Gasteiger partial charge in [0.25, 0.3) is 0 Å². The van der Waals surface area contributed by atoms with Gasteiger partial charge in [0, 0.05) is 27.9 Å². The number of carboxylic acid groups (broad SMARTS) is 1. The van der Waals surface area contributed by atoms with Crippen molar-refractivity contribution in [3.05, 3.63) is 38.5 Å². The monoisotopic (exact) mass is 324 g/mol. The Morgan fingerprint density at radius 1 is 1.48 bits per heavy atom. The van der Waals surface area contributed by atoms with Crippen LogP contribution in [0.25, 0.3) is 0 Å². The number of thiophene rings is 1. The Hall–Kier alpha value is -1.24. The van der Waals surface area contributed by atoms with Crippen molar-refractivity contribution in [2.45, 2.75) is 45.2 Å². The van der Waals surface area contributed by atoms with Crippen molar-refractivity contribution < 1.29 is 9.90 Å². The van der Waals surface area contributed by atoms with Gasteiger partial charge in [-0.3, -0.25) is 4.79 Å². The number of carboxylic acids is 1. The number of aromatic nitrogens is 1. The summed E-state index contributed by atoms with van der Waals surface area (Å²) in [6, 6.07) is 3.77. The Labute approximate surface area is 132 Å². The fourth-order valence-corrected chi connectivity index (χ4v) is 3.62. The summed E-state index contributed by atoms with van der Waals surface area (Å²) in [6.07, 6.45) is 1.97.